The second-order valence-electron chi connectivity index (χ2n) is 2.81. The minimum atomic E-state index is -1.08. The van der Waals surface area contributed by atoms with Crippen LogP contribution in [0.4, 0.5) is 0 Å². The molecule has 0 aliphatic rings. The number of carboxylic acid groups (broad SMARTS) is 2. The van der Waals surface area contributed by atoms with Gasteiger partial charge >= 0.3 is 11.9 Å². The Morgan fingerprint density at radius 2 is 1.93 bits per heavy atom. The Labute approximate surface area is 82.4 Å². The zero-order chi connectivity index (χ0) is 11.1. The van der Waals surface area contributed by atoms with E-state index < -0.39 is 24.0 Å². The van der Waals surface area contributed by atoms with Crippen LogP contribution in [0.5, 0.6) is 0 Å². The summed E-state index contributed by atoms with van der Waals surface area (Å²) in [6, 6.07) is -1.77. The zero-order valence-corrected chi connectivity index (χ0v) is 8.23. The summed E-state index contributed by atoms with van der Waals surface area (Å²) in [5.74, 6) is -2.12. The second kappa shape index (κ2) is 6.15. The van der Waals surface area contributed by atoms with E-state index in [1.165, 1.54) is 6.08 Å². The van der Waals surface area contributed by atoms with Gasteiger partial charge in [-0.1, -0.05) is 19.1 Å². The Morgan fingerprint density at radius 1 is 1.36 bits per heavy atom. The lowest BCUT2D eigenvalue weighted by atomic mass is 10.2. The number of aliphatic carboxylic acids is 2. The van der Waals surface area contributed by atoms with Gasteiger partial charge in [0.1, 0.15) is 12.1 Å². The Kier molecular flexibility index (Phi) is 5.55. The van der Waals surface area contributed by atoms with Gasteiger partial charge in [-0.2, -0.15) is 0 Å². The van der Waals surface area contributed by atoms with Crippen molar-refractivity contribution in [3.8, 4) is 0 Å². The largest absolute Gasteiger partial charge is 0.480 e. The highest BCUT2D eigenvalue weighted by molar-refractivity contribution is 5.78. The quantitative estimate of drug-likeness (QED) is 0.544. The van der Waals surface area contributed by atoms with Gasteiger partial charge in [0, 0.05) is 0 Å². The standard InChI is InChI=1S/C9H15NO4/c1-3-5-7(9(13)14)10-6(4-2)8(11)12/h3,5-7,10H,4H2,1-2H3,(H,11,12)(H,13,14)/b5-3+/t6-,7-/m0/s1. The van der Waals surface area contributed by atoms with Crippen LogP contribution in [0, 0.1) is 0 Å². The summed E-state index contributed by atoms with van der Waals surface area (Å²) in [6.07, 6.45) is 3.32. The van der Waals surface area contributed by atoms with Crippen molar-refractivity contribution >= 4 is 11.9 Å². The highest BCUT2D eigenvalue weighted by Gasteiger charge is 2.22. The molecule has 5 heteroatoms. The summed E-state index contributed by atoms with van der Waals surface area (Å²) < 4.78 is 0. The maximum Gasteiger partial charge on any atom is 0.324 e. The normalized spacial score (nSPS) is 15.3. The average Bonchev–Trinajstić information content (AvgIpc) is 2.11. The predicted molar refractivity (Wildman–Crippen MR) is 51.1 cm³/mol. The van der Waals surface area contributed by atoms with Gasteiger partial charge in [-0.15, -0.1) is 0 Å². The number of carbonyl (C=O) groups is 2. The van der Waals surface area contributed by atoms with Crippen LogP contribution in [0.2, 0.25) is 0 Å². The van der Waals surface area contributed by atoms with Crippen molar-refractivity contribution < 1.29 is 19.8 Å². The van der Waals surface area contributed by atoms with E-state index in [2.05, 4.69) is 5.32 Å². The van der Waals surface area contributed by atoms with Crippen molar-refractivity contribution in [2.45, 2.75) is 32.4 Å². The molecule has 0 radical (unpaired) electrons. The number of hydrogen-bond donors (Lipinski definition) is 3. The fourth-order valence-electron chi connectivity index (χ4n) is 0.982. The molecule has 0 amide bonds. The van der Waals surface area contributed by atoms with E-state index in [4.69, 9.17) is 10.2 Å². The molecule has 0 aromatic heterocycles. The summed E-state index contributed by atoms with van der Waals surface area (Å²) >= 11 is 0. The number of allylic oxidation sites excluding steroid dienone is 1. The highest BCUT2D eigenvalue weighted by Crippen LogP contribution is 1.96. The molecule has 0 rings (SSSR count). The van der Waals surface area contributed by atoms with Gasteiger partial charge in [-0.25, -0.2) is 0 Å². The summed E-state index contributed by atoms with van der Waals surface area (Å²) in [5, 5.41) is 19.9. The molecular formula is C9H15NO4. The summed E-state index contributed by atoms with van der Waals surface area (Å²) in [7, 11) is 0. The molecule has 0 aromatic rings. The van der Waals surface area contributed by atoms with Gasteiger partial charge < -0.3 is 10.2 Å². The number of carboxylic acids is 2. The van der Waals surface area contributed by atoms with Crippen LogP contribution >= 0.6 is 0 Å². The van der Waals surface area contributed by atoms with Crippen LogP contribution in [0.1, 0.15) is 20.3 Å². The highest BCUT2D eigenvalue weighted by atomic mass is 16.4. The van der Waals surface area contributed by atoms with Crippen LogP contribution in [-0.2, 0) is 9.59 Å². The minimum absolute atomic E-state index is 0.344. The molecule has 80 valence electrons. The molecule has 2 atom stereocenters. The van der Waals surface area contributed by atoms with Crippen LogP contribution in [-0.4, -0.2) is 34.2 Å². The summed E-state index contributed by atoms with van der Waals surface area (Å²) in [6.45, 7) is 3.36. The zero-order valence-electron chi connectivity index (χ0n) is 8.23. The van der Waals surface area contributed by atoms with Crippen LogP contribution < -0.4 is 5.32 Å². The number of rotatable bonds is 6. The van der Waals surface area contributed by atoms with E-state index in [-0.39, 0.29) is 0 Å². The lowest BCUT2D eigenvalue weighted by Crippen LogP contribution is -2.45. The van der Waals surface area contributed by atoms with Crippen molar-refractivity contribution in [2.75, 3.05) is 0 Å². The molecular weight excluding hydrogens is 186 g/mol. The van der Waals surface area contributed by atoms with E-state index in [9.17, 15) is 9.59 Å². The molecule has 0 aliphatic carbocycles. The van der Waals surface area contributed by atoms with Gasteiger partial charge in [0.2, 0.25) is 0 Å². The number of nitrogens with one attached hydrogen (secondary N) is 1. The molecule has 0 saturated carbocycles. The van der Waals surface area contributed by atoms with Crippen molar-refractivity contribution in [3.63, 3.8) is 0 Å². The Morgan fingerprint density at radius 3 is 2.21 bits per heavy atom. The van der Waals surface area contributed by atoms with Crippen LogP contribution in [0.25, 0.3) is 0 Å². The molecule has 5 nitrogen and oxygen atoms in total. The van der Waals surface area contributed by atoms with Gasteiger partial charge in [-0.05, 0) is 13.3 Å². The van der Waals surface area contributed by atoms with E-state index in [0.717, 1.165) is 0 Å². The van der Waals surface area contributed by atoms with Gasteiger partial charge in [0.25, 0.3) is 0 Å². The maximum absolute atomic E-state index is 10.7. The van der Waals surface area contributed by atoms with Crippen molar-refractivity contribution in [2.24, 2.45) is 0 Å². The van der Waals surface area contributed by atoms with Crippen LogP contribution in [0.15, 0.2) is 12.2 Å². The molecule has 0 bridgehead atoms. The lowest BCUT2D eigenvalue weighted by molar-refractivity contribution is -0.141. The van der Waals surface area contributed by atoms with Crippen molar-refractivity contribution in [1.82, 2.24) is 5.32 Å². The maximum atomic E-state index is 10.7. The molecule has 0 fully saturated rings. The van der Waals surface area contributed by atoms with Gasteiger partial charge in [0.05, 0.1) is 0 Å². The molecule has 0 unspecified atom stereocenters. The first-order valence-corrected chi connectivity index (χ1v) is 4.37. The van der Waals surface area contributed by atoms with Gasteiger partial charge in [-0.3, -0.25) is 14.9 Å². The molecule has 0 saturated heterocycles. The topological polar surface area (TPSA) is 86.6 Å². The molecule has 0 spiro atoms. The third kappa shape index (κ3) is 4.04. The fraction of sp³-hybridized carbons (Fsp3) is 0.556. The van der Waals surface area contributed by atoms with E-state index in [1.54, 1.807) is 19.9 Å². The molecule has 14 heavy (non-hydrogen) atoms. The van der Waals surface area contributed by atoms with Crippen molar-refractivity contribution in [1.29, 1.82) is 0 Å². The van der Waals surface area contributed by atoms with E-state index in [1.807, 2.05) is 0 Å². The smallest absolute Gasteiger partial charge is 0.324 e. The molecule has 0 aliphatic heterocycles. The Hall–Kier alpha value is -1.36. The first kappa shape index (κ1) is 12.6. The van der Waals surface area contributed by atoms with E-state index in [0.29, 0.717) is 6.42 Å². The lowest BCUT2D eigenvalue weighted by Gasteiger charge is -2.16. The summed E-state index contributed by atoms with van der Waals surface area (Å²) in [4.78, 5) is 21.3. The fourth-order valence-corrected chi connectivity index (χ4v) is 0.982. The molecule has 3 N–H and O–H groups in total. The van der Waals surface area contributed by atoms with Crippen LogP contribution in [0.3, 0.4) is 0 Å². The minimum Gasteiger partial charge on any atom is -0.480 e. The summed E-state index contributed by atoms with van der Waals surface area (Å²) in [5.41, 5.74) is 0. The molecule has 0 heterocycles. The van der Waals surface area contributed by atoms with Crippen molar-refractivity contribution in [3.05, 3.63) is 12.2 Å². The Balaban J connectivity index is 4.41. The van der Waals surface area contributed by atoms with E-state index >= 15 is 0 Å². The molecule has 0 aromatic carbocycles. The monoisotopic (exact) mass is 201 g/mol. The third-order valence-corrected chi connectivity index (χ3v) is 1.74. The predicted octanol–water partition coefficient (Wildman–Crippen LogP) is 0.468. The third-order valence-electron chi connectivity index (χ3n) is 1.74. The van der Waals surface area contributed by atoms with Gasteiger partial charge in [0.15, 0.2) is 0 Å². The second-order valence-corrected chi connectivity index (χ2v) is 2.81. The number of hydrogen-bond acceptors (Lipinski definition) is 3. The Bertz CT molecular complexity index is 237. The first-order valence-electron chi connectivity index (χ1n) is 4.37. The average molecular weight is 201 g/mol. The first-order chi connectivity index (χ1) is 6.52. The SMILES string of the molecule is C/C=C/[C@H](N[C@@H](CC)C(=O)O)C(=O)O.